The summed E-state index contributed by atoms with van der Waals surface area (Å²) in [5.74, 6) is 1.29. The zero-order valence-corrected chi connectivity index (χ0v) is 24.6. The molecule has 0 spiro atoms. The van der Waals surface area contributed by atoms with Gasteiger partial charge in [0.15, 0.2) is 4.80 Å². The van der Waals surface area contributed by atoms with Crippen molar-refractivity contribution in [2.45, 2.75) is 18.9 Å². The number of non-ortho nitro benzene ring substituents is 1. The summed E-state index contributed by atoms with van der Waals surface area (Å²) in [5.41, 5.74) is 5.69. The first-order valence-electron chi connectivity index (χ1n) is 13.2. The third-order valence-corrected chi connectivity index (χ3v) is 9.13. The molecule has 0 bridgehead atoms. The number of fused-ring (bicyclic) bond motifs is 3. The maximum absolute atomic E-state index is 14.0. The number of thiazole rings is 1. The Morgan fingerprint density at radius 1 is 1.07 bits per heavy atom. The second-order valence-electron chi connectivity index (χ2n) is 10.0. The molecule has 0 radical (unpaired) electrons. The molecule has 0 unspecified atom stereocenters. The monoisotopic (exact) mass is 639 g/mol. The minimum absolute atomic E-state index is 0.0736. The molecule has 1 atom stereocenters. The lowest BCUT2D eigenvalue weighted by Crippen LogP contribution is -2.38. The molecule has 10 heteroatoms. The van der Waals surface area contributed by atoms with Crippen LogP contribution in [-0.2, 0) is 6.42 Å². The third-order valence-electron chi connectivity index (χ3n) is 7.62. The zero-order valence-electron chi connectivity index (χ0n) is 22.2. The number of furan rings is 1. The van der Waals surface area contributed by atoms with Crippen LogP contribution in [0.5, 0.6) is 5.75 Å². The Morgan fingerprint density at radius 2 is 1.88 bits per heavy atom. The van der Waals surface area contributed by atoms with Crippen LogP contribution in [0.15, 0.2) is 103 Å². The predicted molar refractivity (Wildman–Crippen MR) is 164 cm³/mol. The van der Waals surface area contributed by atoms with E-state index in [0.717, 1.165) is 39.7 Å². The summed E-state index contributed by atoms with van der Waals surface area (Å²) in [6.07, 6.45) is 3.40. The molecule has 1 aliphatic heterocycles. The van der Waals surface area contributed by atoms with Gasteiger partial charge in [0.05, 0.1) is 33.9 Å². The van der Waals surface area contributed by atoms with E-state index in [1.165, 1.54) is 42.2 Å². The molecular weight excluding hydrogens is 618 g/mol. The van der Waals surface area contributed by atoms with Gasteiger partial charge < -0.3 is 9.15 Å². The average molecular weight is 641 g/mol. The van der Waals surface area contributed by atoms with E-state index in [-0.39, 0.29) is 17.3 Å². The lowest BCUT2D eigenvalue weighted by Gasteiger charge is -2.30. The molecule has 2 aromatic heterocycles. The topological polar surface area (TPSA) is 99.9 Å². The van der Waals surface area contributed by atoms with Gasteiger partial charge >= 0.3 is 0 Å². The van der Waals surface area contributed by atoms with E-state index in [0.29, 0.717) is 32.2 Å². The summed E-state index contributed by atoms with van der Waals surface area (Å²) in [7, 11) is 1.50. The Hall–Kier alpha value is -4.54. The molecule has 8 nitrogen and oxygen atoms in total. The van der Waals surface area contributed by atoms with Gasteiger partial charge in [-0.1, -0.05) is 63.7 Å². The van der Waals surface area contributed by atoms with Crippen LogP contribution in [0.4, 0.5) is 5.69 Å². The van der Waals surface area contributed by atoms with Gasteiger partial charge in [0, 0.05) is 28.2 Å². The number of benzene rings is 3. The molecule has 1 aliphatic carbocycles. The lowest BCUT2D eigenvalue weighted by atomic mass is 9.83. The number of nitrogens with zero attached hydrogens (tertiary/aromatic N) is 3. The van der Waals surface area contributed by atoms with Gasteiger partial charge in [0.1, 0.15) is 17.3 Å². The number of aromatic nitrogens is 1. The Morgan fingerprint density at radius 3 is 2.67 bits per heavy atom. The van der Waals surface area contributed by atoms with Gasteiger partial charge in [0.2, 0.25) is 0 Å². The van der Waals surface area contributed by atoms with E-state index < -0.39 is 4.92 Å². The summed E-state index contributed by atoms with van der Waals surface area (Å²) >= 11 is 4.85. The van der Waals surface area contributed by atoms with Crippen molar-refractivity contribution in [1.29, 1.82) is 0 Å². The van der Waals surface area contributed by atoms with E-state index in [1.54, 1.807) is 22.8 Å². The highest BCUT2D eigenvalue weighted by Gasteiger charge is 2.32. The Balaban J connectivity index is 1.37. The normalized spacial score (nSPS) is 16.0. The number of methoxy groups -OCH3 is 1. The molecule has 208 valence electrons. The first kappa shape index (κ1) is 26.4. The second kappa shape index (κ2) is 10.4. The van der Waals surface area contributed by atoms with E-state index in [9.17, 15) is 14.9 Å². The zero-order chi connectivity index (χ0) is 29.0. The van der Waals surface area contributed by atoms with Crippen LogP contribution < -0.4 is 19.6 Å². The summed E-state index contributed by atoms with van der Waals surface area (Å²) in [5, 5.41) is 11.3. The van der Waals surface area contributed by atoms with Gasteiger partial charge in [-0.2, -0.15) is 0 Å². The third kappa shape index (κ3) is 4.43. The van der Waals surface area contributed by atoms with Crippen LogP contribution in [0.25, 0.3) is 23.1 Å². The Labute approximate surface area is 251 Å². The first-order valence-corrected chi connectivity index (χ1v) is 14.8. The number of halogens is 1. The van der Waals surface area contributed by atoms with Crippen LogP contribution in [0, 0.1) is 10.1 Å². The van der Waals surface area contributed by atoms with E-state index in [2.05, 4.69) is 34.1 Å². The fourth-order valence-electron chi connectivity index (χ4n) is 5.67. The van der Waals surface area contributed by atoms with Crippen molar-refractivity contribution in [3.05, 3.63) is 141 Å². The summed E-state index contributed by atoms with van der Waals surface area (Å²) in [4.78, 5) is 30.6. The maximum atomic E-state index is 14.0. The van der Waals surface area contributed by atoms with Gasteiger partial charge in [-0.05, 0) is 59.9 Å². The van der Waals surface area contributed by atoms with Crippen LogP contribution >= 0.6 is 27.3 Å². The molecule has 3 heterocycles. The fraction of sp³-hybridized carbons (Fsp3) is 0.125. The molecular formula is C32H22BrN3O5S. The van der Waals surface area contributed by atoms with Gasteiger partial charge in [-0.25, -0.2) is 4.99 Å². The number of nitro benzene ring substituents is 1. The van der Waals surface area contributed by atoms with Gasteiger partial charge in [-0.3, -0.25) is 19.5 Å². The van der Waals surface area contributed by atoms with Crippen molar-refractivity contribution >= 4 is 44.7 Å². The smallest absolute Gasteiger partial charge is 0.271 e. The fourth-order valence-corrected chi connectivity index (χ4v) is 6.92. The molecule has 0 saturated heterocycles. The SMILES string of the molecule is COc1ccc([N+](=O)[O-])cc1-c1ccc(/C=c2/sc3n(c2=O)[C@@H](c2ccc(Br)cc2)C2=C(N=3)c3ccccc3CC2)o1. The number of nitro groups is 1. The predicted octanol–water partition coefficient (Wildman–Crippen LogP) is 6.26. The van der Waals surface area contributed by atoms with E-state index >= 15 is 0 Å². The minimum Gasteiger partial charge on any atom is -0.496 e. The molecule has 2 aliphatic rings. The molecule has 0 saturated carbocycles. The molecule has 0 N–H and O–H groups in total. The number of hydrogen-bond acceptors (Lipinski definition) is 7. The van der Waals surface area contributed by atoms with Gasteiger partial charge in [0.25, 0.3) is 11.2 Å². The van der Waals surface area contributed by atoms with Gasteiger partial charge in [-0.15, -0.1) is 0 Å². The Bertz CT molecular complexity index is 2110. The van der Waals surface area contributed by atoms with Crippen LogP contribution in [0.1, 0.15) is 34.9 Å². The van der Waals surface area contributed by atoms with Crippen molar-refractivity contribution in [1.82, 2.24) is 4.57 Å². The van der Waals surface area contributed by atoms with Crippen LogP contribution in [0.3, 0.4) is 0 Å². The van der Waals surface area contributed by atoms with Crippen molar-refractivity contribution in [2.75, 3.05) is 7.11 Å². The van der Waals surface area contributed by atoms with E-state index in [4.69, 9.17) is 14.1 Å². The molecule has 42 heavy (non-hydrogen) atoms. The number of rotatable bonds is 5. The molecule has 7 rings (SSSR count). The summed E-state index contributed by atoms with van der Waals surface area (Å²) < 4.78 is 14.7. The molecule has 3 aromatic carbocycles. The van der Waals surface area contributed by atoms with Crippen LogP contribution in [-0.4, -0.2) is 16.6 Å². The standard InChI is InChI=1S/C32H22BrN3O5S/c1-40-26-14-11-21(36(38)39)16-25(26)27-15-12-22(41-27)17-28-31(37)35-30(19-6-9-20(33)10-7-19)24-13-8-18-4-2-3-5-23(18)29(24)34-32(35)42-28/h2-7,9-12,14-17,30H,8,13H2,1H3/b28-17+/t30-/m0/s1. The number of hydrogen-bond donors (Lipinski definition) is 0. The highest BCUT2D eigenvalue weighted by molar-refractivity contribution is 9.10. The molecule has 0 amide bonds. The Kier molecular flexibility index (Phi) is 6.52. The highest BCUT2D eigenvalue weighted by Crippen LogP contribution is 2.41. The molecule has 0 fully saturated rings. The van der Waals surface area contributed by atoms with Crippen molar-refractivity contribution in [3.8, 4) is 17.1 Å². The number of aryl methyl sites for hydroxylation is 1. The summed E-state index contributed by atoms with van der Waals surface area (Å²) in [6, 6.07) is 23.9. The number of ether oxygens (including phenoxy) is 1. The maximum Gasteiger partial charge on any atom is 0.271 e. The van der Waals surface area contributed by atoms with Crippen LogP contribution in [0.2, 0.25) is 0 Å². The van der Waals surface area contributed by atoms with Crippen molar-refractivity contribution < 1.29 is 14.1 Å². The van der Waals surface area contributed by atoms with Crippen molar-refractivity contribution in [2.24, 2.45) is 4.99 Å². The second-order valence-corrected chi connectivity index (χ2v) is 11.9. The first-order chi connectivity index (χ1) is 20.4. The minimum atomic E-state index is -0.465. The average Bonchev–Trinajstić information content (AvgIpc) is 3.60. The lowest BCUT2D eigenvalue weighted by molar-refractivity contribution is -0.384. The number of allylic oxidation sites excluding steroid dienone is 1. The highest BCUT2D eigenvalue weighted by atomic mass is 79.9. The van der Waals surface area contributed by atoms with Crippen molar-refractivity contribution in [3.63, 3.8) is 0 Å². The quantitative estimate of drug-likeness (QED) is 0.167. The largest absolute Gasteiger partial charge is 0.496 e. The summed E-state index contributed by atoms with van der Waals surface area (Å²) in [6.45, 7) is 0. The molecule has 5 aromatic rings. The van der Waals surface area contributed by atoms with E-state index in [1.807, 2.05) is 30.3 Å².